The summed E-state index contributed by atoms with van der Waals surface area (Å²) in [5.41, 5.74) is 0.895. The SMILES string of the molecule is CNC(C)c1oc2c(F)cc(F)cc2c1C. The van der Waals surface area contributed by atoms with Crippen LogP contribution in [0.3, 0.4) is 0 Å². The number of aryl methyl sites for hydroxylation is 1. The molecule has 0 spiro atoms. The molecule has 1 aromatic carbocycles. The van der Waals surface area contributed by atoms with Crippen molar-refractivity contribution < 1.29 is 13.2 Å². The van der Waals surface area contributed by atoms with Gasteiger partial charge < -0.3 is 9.73 Å². The van der Waals surface area contributed by atoms with Crippen LogP contribution in [-0.2, 0) is 0 Å². The topological polar surface area (TPSA) is 25.2 Å². The zero-order valence-corrected chi connectivity index (χ0v) is 9.40. The monoisotopic (exact) mass is 225 g/mol. The molecule has 0 amide bonds. The molecule has 0 aliphatic rings. The Morgan fingerprint density at radius 3 is 2.62 bits per heavy atom. The van der Waals surface area contributed by atoms with Crippen molar-refractivity contribution in [2.24, 2.45) is 0 Å². The van der Waals surface area contributed by atoms with Crippen LogP contribution < -0.4 is 5.32 Å². The van der Waals surface area contributed by atoms with Crippen molar-refractivity contribution in [1.82, 2.24) is 5.32 Å². The van der Waals surface area contributed by atoms with Gasteiger partial charge in [0.05, 0.1) is 6.04 Å². The lowest BCUT2D eigenvalue weighted by Crippen LogP contribution is -2.12. The van der Waals surface area contributed by atoms with Crippen molar-refractivity contribution in [1.29, 1.82) is 0 Å². The second kappa shape index (κ2) is 3.87. The third-order valence-electron chi connectivity index (χ3n) is 2.82. The molecule has 4 heteroatoms. The van der Waals surface area contributed by atoms with Gasteiger partial charge in [-0.15, -0.1) is 0 Å². The quantitative estimate of drug-likeness (QED) is 0.848. The highest BCUT2D eigenvalue weighted by atomic mass is 19.1. The fraction of sp³-hybridized carbons (Fsp3) is 0.333. The van der Waals surface area contributed by atoms with Crippen LogP contribution in [0.1, 0.15) is 24.3 Å². The fourth-order valence-corrected chi connectivity index (χ4v) is 1.81. The smallest absolute Gasteiger partial charge is 0.170 e. The summed E-state index contributed by atoms with van der Waals surface area (Å²) < 4.78 is 32.0. The minimum absolute atomic E-state index is 0.0325. The molecule has 1 N–H and O–H groups in total. The molecule has 0 saturated heterocycles. The Bertz CT molecular complexity index is 533. The minimum atomic E-state index is -0.660. The van der Waals surface area contributed by atoms with Crippen LogP contribution in [-0.4, -0.2) is 7.05 Å². The molecule has 0 saturated carbocycles. The van der Waals surface area contributed by atoms with E-state index in [0.717, 1.165) is 11.6 Å². The van der Waals surface area contributed by atoms with E-state index in [2.05, 4.69) is 5.32 Å². The highest BCUT2D eigenvalue weighted by molar-refractivity contribution is 5.82. The van der Waals surface area contributed by atoms with Gasteiger partial charge >= 0.3 is 0 Å². The first-order valence-electron chi connectivity index (χ1n) is 5.10. The summed E-state index contributed by atoms with van der Waals surface area (Å²) in [4.78, 5) is 0. The van der Waals surface area contributed by atoms with Gasteiger partial charge in [0.25, 0.3) is 0 Å². The molecular weight excluding hydrogens is 212 g/mol. The Kier molecular flexibility index (Phi) is 2.68. The summed E-state index contributed by atoms with van der Waals surface area (Å²) in [6.45, 7) is 3.70. The van der Waals surface area contributed by atoms with Crippen LogP contribution in [0.2, 0.25) is 0 Å². The van der Waals surface area contributed by atoms with E-state index in [0.29, 0.717) is 11.1 Å². The number of hydrogen-bond donors (Lipinski definition) is 1. The van der Waals surface area contributed by atoms with Crippen LogP contribution in [0.25, 0.3) is 11.0 Å². The van der Waals surface area contributed by atoms with Gasteiger partial charge in [0.15, 0.2) is 11.4 Å². The predicted octanol–water partition coefficient (Wildman–Crippen LogP) is 3.30. The summed E-state index contributed by atoms with van der Waals surface area (Å²) >= 11 is 0. The van der Waals surface area contributed by atoms with Crippen molar-refractivity contribution in [2.75, 3.05) is 7.05 Å². The van der Waals surface area contributed by atoms with Crippen molar-refractivity contribution in [3.8, 4) is 0 Å². The average Bonchev–Trinajstić information content (AvgIpc) is 2.56. The predicted molar refractivity (Wildman–Crippen MR) is 58.3 cm³/mol. The first-order valence-corrected chi connectivity index (χ1v) is 5.10. The molecule has 1 atom stereocenters. The largest absolute Gasteiger partial charge is 0.456 e. The lowest BCUT2D eigenvalue weighted by molar-refractivity contribution is 0.458. The van der Waals surface area contributed by atoms with Gasteiger partial charge in [-0.05, 0) is 27.0 Å². The Morgan fingerprint density at radius 2 is 2.00 bits per heavy atom. The zero-order chi connectivity index (χ0) is 11.9. The number of halogens is 2. The minimum Gasteiger partial charge on any atom is -0.456 e. The second-order valence-corrected chi connectivity index (χ2v) is 3.87. The standard InChI is InChI=1S/C12H13F2NO/c1-6-9-4-8(13)5-10(14)12(9)16-11(6)7(2)15-3/h4-5,7,15H,1-3H3. The lowest BCUT2D eigenvalue weighted by atomic mass is 10.1. The van der Waals surface area contributed by atoms with Crippen molar-refractivity contribution in [2.45, 2.75) is 19.9 Å². The van der Waals surface area contributed by atoms with Gasteiger partial charge in [-0.2, -0.15) is 0 Å². The third-order valence-corrected chi connectivity index (χ3v) is 2.82. The van der Waals surface area contributed by atoms with E-state index in [4.69, 9.17) is 4.42 Å². The normalized spacial score (nSPS) is 13.3. The maximum atomic E-state index is 13.5. The second-order valence-electron chi connectivity index (χ2n) is 3.87. The van der Waals surface area contributed by atoms with E-state index in [1.54, 1.807) is 14.0 Å². The lowest BCUT2D eigenvalue weighted by Gasteiger charge is -2.06. The van der Waals surface area contributed by atoms with Crippen LogP contribution in [0, 0.1) is 18.6 Å². The molecule has 2 aromatic rings. The molecule has 86 valence electrons. The van der Waals surface area contributed by atoms with Gasteiger partial charge in [0.2, 0.25) is 0 Å². The summed E-state index contributed by atoms with van der Waals surface area (Å²) in [5.74, 6) is -0.604. The first-order chi connectivity index (χ1) is 7.54. The average molecular weight is 225 g/mol. The molecule has 2 rings (SSSR count). The third kappa shape index (κ3) is 1.59. The van der Waals surface area contributed by atoms with Crippen molar-refractivity contribution in [3.63, 3.8) is 0 Å². The highest BCUT2D eigenvalue weighted by Gasteiger charge is 2.18. The Hall–Kier alpha value is -1.42. The van der Waals surface area contributed by atoms with E-state index < -0.39 is 11.6 Å². The molecule has 2 nitrogen and oxygen atoms in total. The maximum Gasteiger partial charge on any atom is 0.170 e. The van der Waals surface area contributed by atoms with Gasteiger partial charge in [-0.3, -0.25) is 0 Å². The summed E-state index contributed by atoms with van der Waals surface area (Å²) in [6.07, 6.45) is 0. The number of rotatable bonds is 2. The van der Waals surface area contributed by atoms with Crippen molar-refractivity contribution >= 4 is 11.0 Å². The summed E-state index contributed by atoms with van der Waals surface area (Å²) in [6, 6.07) is 2.09. The molecule has 1 aromatic heterocycles. The maximum absolute atomic E-state index is 13.5. The van der Waals surface area contributed by atoms with E-state index in [9.17, 15) is 8.78 Å². The first kappa shape index (κ1) is 11.1. The number of furan rings is 1. The summed E-state index contributed by atoms with van der Waals surface area (Å²) in [5, 5.41) is 3.50. The van der Waals surface area contributed by atoms with Gasteiger partial charge in [-0.1, -0.05) is 0 Å². The summed E-state index contributed by atoms with van der Waals surface area (Å²) in [7, 11) is 1.79. The zero-order valence-electron chi connectivity index (χ0n) is 9.40. The van der Waals surface area contributed by atoms with Crippen molar-refractivity contribution in [3.05, 3.63) is 35.1 Å². The van der Waals surface area contributed by atoms with Crippen LogP contribution in [0.4, 0.5) is 8.78 Å². The molecule has 0 bridgehead atoms. The highest BCUT2D eigenvalue weighted by Crippen LogP contribution is 2.31. The van der Waals surface area contributed by atoms with Crippen LogP contribution in [0.5, 0.6) is 0 Å². The molecule has 1 heterocycles. The number of hydrogen-bond acceptors (Lipinski definition) is 2. The number of nitrogens with one attached hydrogen (secondary N) is 1. The molecular formula is C12H13F2NO. The van der Waals surface area contributed by atoms with E-state index in [-0.39, 0.29) is 11.6 Å². The van der Waals surface area contributed by atoms with Gasteiger partial charge in [0, 0.05) is 17.0 Å². The molecule has 0 aliphatic heterocycles. The number of fused-ring (bicyclic) bond motifs is 1. The molecule has 1 unspecified atom stereocenters. The Labute approximate surface area is 92.2 Å². The van der Waals surface area contributed by atoms with Gasteiger partial charge in [-0.25, -0.2) is 8.78 Å². The van der Waals surface area contributed by atoms with Crippen LogP contribution >= 0.6 is 0 Å². The molecule has 0 aliphatic carbocycles. The number of benzene rings is 1. The van der Waals surface area contributed by atoms with E-state index in [1.165, 1.54) is 6.07 Å². The molecule has 0 radical (unpaired) electrons. The van der Waals surface area contributed by atoms with E-state index in [1.807, 2.05) is 6.92 Å². The Balaban J connectivity index is 2.72. The van der Waals surface area contributed by atoms with E-state index >= 15 is 0 Å². The fourth-order valence-electron chi connectivity index (χ4n) is 1.81. The molecule has 0 fully saturated rings. The van der Waals surface area contributed by atoms with Gasteiger partial charge in [0.1, 0.15) is 11.6 Å². The Morgan fingerprint density at radius 1 is 1.31 bits per heavy atom. The van der Waals surface area contributed by atoms with Crippen LogP contribution in [0.15, 0.2) is 16.5 Å². The molecule has 16 heavy (non-hydrogen) atoms.